The highest BCUT2D eigenvalue weighted by Gasteiger charge is 2.25. The van der Waals surface area contributed by atoms with Crippen LogP contribution in [0.4, 0.5) is 0 Å². The Labute approximate surface area is 87.1 Å². The zero-order valence-electron chi connectivity index (χ0n) is 9.04. The Morgan fingerprint density at radius 2 is 2.07 bits per heavy atom. The van der Waals surface area contributed by atoms with Crippen LogP contribution in [0.15, 0.2) is 0 Å². The van der Waals surface area contributed by atoms with Crippen LogP contribution in [-0.2, 0) is 0 Å². The second kappa shape index (κ2) is 7.21. The predicted octanol–water partition coefficient (Wildman–Crippen LogP) is 0.866. The normalized spacial score (nSPS) is 19.3. The highest BCUT2D eigenvalue weighted by Crippen LogP contribution is 2.29. The fourth-order valence-electron chi connectivity index (χ4n) is 1.99. The maximum atomic E-state index is 8.62. The minimum Gasteiger partial charge on any atom is -0.396 e. The molecule has 0 bridgehead atoms. The van der Waals surface area contributed by atoms with Crippen molar-refractivity contribution >= 4 is 0 Å². The first-order chi connectivity index (χ1) is 6.88. The van der Waals surface area contributed by atoms with Crippen LogP contribution in [0.2, 0.25) is 0 Å². The lowest BCUT2D eigenvalue weighted by Crippen LogP contribution is -2.45. The van der Waals surface area contributed by atoms with Crippen molar-refractivity contribution < 1.29 is 5.11 Å². The average molecular weight is 200 g/mol. The molecule has 1 saturated carbocycles. The van der Waals surface area contributed by atoms with Gasteiger partial charge in [0.2, 0.25) is 0 Å². The van der Waals surface area contributed by atoms with Crippen LogP contribution in [0.25, 0.3) is 0 Å². The molecule has 0 heterocycles. The van der Waals surface area contributed by atoms with Crippen molar-refractivity contribution in [3.05, 3.63) is 0 Å². The van der Waals surface area contributed by atoms with Gasteiger partial charge in [-0.1, -0.05) is 6.42 Å². The van der Waals surface area contributed by atoms with Gasteiger partial charge in [0.15, 0.2) is 0 Å². The van der Waals surface area contributed by atoms with Crippen LogP contribution in [0.3, 0.4) is 0 Å². The third-order valence-electron chi connectivity index (χ3n) is 3.21. The van der Waals surface area contributed by atoms with Crippen molar-refractivity contribution in [2.75, 3.05) is 19.7 Å². The van der Waals surface area contributed by atoms with Gasteiger partial charge in [-0.2, -0.15) is 0 Å². The van der Waals surface area contributed by atoms with E-state index < -0.39 is 0 Å². The Morgan fingerprint density at radius 1 is 1.29 bits per heavy atom. The molecule has 1 rings (SSSR count). The molecule has 1 atom stereocenters. The average Bonchev–Trinajstić information content (AvgIpc) is 2.12. The molecule has 0 aromatic carbocycles. The van der Waals surface area contributed by atoms with Gasteiger partial charge in [-0.15, -0.1) is 0 Å². The number of hydrogen-bond acceptors (Lipinski definition) is 3. The van der Waals surface area contributed by atoms with E-state index in [1.165, 1.54) is 19.3 Å². The Morgan fingerprint density at radius 3 is 2.57 bits per heavy atom. The maximum Gasteiger partial charge on any atom is 0.0431 e. The number of aliphatic hydroxyl groups excluding tert-OH is 1. The minimum atomic E-state index is 0.322. The van der Waals surface area contributed by atoms with Gasteiger partial charge in [0.05, 0.1) is 0 Å². The first kappa shape index (κ1) is 12.0. The van der Waals surface area contributed by atoms with Crippen LogP contribution < -0.4 is 11.1 Å². The number of aliphatic hydroxyl groups is 1. The molecule has 3 heteroatoms. The summed E-state index contributed by atoms with van der Waals surface area (Å²) in [5, 5.41) is 12.1. The van der Waals surface area contributed by atoms with Gasteiger partial charge in [0, 0.05) is 19.2 Å². The van der Waals surface area contributed by atoms with Crippen molar-refractivity contribution in [1.29, 1.82) is 0 Å². The highest BCUT2D eigenvalue weighted by molar-refractivity contribution is 4.83. The molecule has 4 N–H and O–H groups in total. The molecule has 1 unspecified atom stereocenters. The molecule has 0 aliphatic heterocycles. The van der Waals surface area contributed by atoms with Gasteiger partial charge in [0.25, 0.3) is 0 Å². The molecule has 1 aliphatic rings. The summed E-state index contributed by atoms with van der Waals surface area (Å²) in [4.78, 5) is 0. The lowest BCUT2D eigenvalue weighted by atomic mass is 9.79. The minimum absolute atomic E-state index is 0.322. The molecule has 0 aromatic rings. The quantitative estimate of drug-likeness (QED) is 0.509. The number of unbranched alkanes of at least 4 members (excludes halogenated alkanes) is 2. The number of hydrogen-bond donors (Lipinski definition) is 3. The lowest BCUT2D eigenvalue weighted by Gasteiger charge is -2.33. The van der Waals surface area contributed by atoms with Crippen molar-refractivity contribution in [1.82, 2.24) is 5.32 Å². The summed E-state index contributed by atoms with van der Waals surface area (Å²) in [6.45, 7) is 2.14. The first-order valence-corrected chi connectivity index (χ1v) is 5.92. The highest BCUT2D eigenvalue weighted by atomic mass is 16.2. The van der Waals surface area contributed by atoms with Crippen LogP contribution in [0.5, 0.6) is 0 Å². The summed E-state index contributed by atoms with van der Waals surface area (Å²) in [5.74, 6) is 0.831. The summed E-state index contributed by atoms with van der Waals surface area (Å²) in [7, 11) is 0. The summed E-state index contributed by atoms with van der Waals surface area (Å²) in [6, 6.07) is 0.540. The van der Waals surface area contributed by atoms with E-state index in [-0.39, 0.29) is 0 Å². The number of nitrogens with one attached hydrogen (secondary N) is 1. The van der Waals surface area contributed by atoms with Crippen molar-refractivity contribution in [2.24, 2.45) is 11.7 Å². The van der Waals surface area contributed by atoms with Gasteiger partial charge >= 0.3 is 0 Å². The molecule has 0 radical (unpaired) electrons. The number of rotatable bonds is 8. The van der Waals surface area contributed by atoms with Gasteiger partial charge in [-0.05, 0) is 44.6 Å². The molecule has 1 fully saturated rings. The fraction of sp³-hybridized carbons (Fsp3) is 1.00. The van der Waals surface area contributed by atoms with E-state index in [0.717, 1.165) is 38.3 Å². The van der Waals surface area contributed by atoms with E-state index in [2.05, 4.69) is 5.32 Å². The summed E-state index contributed by atoms with van der Waals surface area (Å²) in [6.07, 6.45) is 7.29. The van der Waals surface area contributed by atoms with Crippen LogP contribution in [-0.4, -0.2) is 30.8 Å². The van der Waals surface area contributed by atoms with Gasteiger partial charge in [-0.3, -0.25) is 0 Å². The zero-order chi connectivity index (χ0) is 10.2. The molecule has 14 heavy (non-hydrogen) atoms. The molecule has 0 amide bonds. The predicted molar refractivity (Wildman–Crippen MR) is 59.1 cm³/mol. The third-order valence-corrected chi connectivity index (χ3v) is 3.21. The standard InChI is InChI=1S/C11H24N2O/c12-9-11(10-5-4-6-10)13-7-2-1-3-8-14/h10-11,13-14H,1-9,12H2. The summed E-state index contributed by atoms with van der Waals surface area (Å²) < 4.78 is 0. The van der Waals surface area contributed by atoms with Crippen LogP contribution in [0, 0.1) is 5.92 Å². The van der Waals surface area contributed by atoms with Gasteiger partial charge in [0.1, 0.15) is 0 Å². The Bertz CT molecular complexity index is 137. The monoisotopic (exact) mass is 200 g/mol. The Kier molecular flexibility index (Phi) is 6.15. The van der Waals surface area contributed by atoms with Crippen molar-refractivity contribution in [2.45, 2.75) is 44.6 Å². The van der Waals surface area contributed by atoms with E-state index >= 15 is 0 Å². The summed E-state index contributed by atoms with van der Waals surface area (Å²) in [5.41, 5.74) is 5.72. The molecule has 0 aromatic heterocycles. The first-order valence-electron chi connectivity index (χ1n) is 5.92. The second-order valence-corrected chi connectivity index (χ2v) is 4.27. The molecular weight excluding hydrogens is 176 g/mol. The maximum absolute atomic E-state index is 8.62. The summed E-state index contributed by atoms with van der Waals surface area (Å²) >= 11 is 0. The molecule has 0 spiro atoms. The van der Waals surface area contributed by atoms with E-state index in [0.29, 0.717) is 12.6 Å². The Balaban J connectivity index is 1.97. The second-order valence-electron chi connectivity index (χ2n) is 4.27. The zero-order valence-corrected chi connectivity index (χ0v) is 9.04. The molecule has 0 saturated heterocycles. The van der Waals surface area contributed by atoms with Gasteiger partial charge < -0.3 is 16.2 Å². The van der Waals surface area contributed by atoms with E-state index in [1.807, 2.05) is 0 Å². The molecule has 3 nitrogen and oxygen atoms in total. The molecular formula is C11H24N2O. The molecule has 1 aliphatic carbocycles. The largest absolute Gasteiger partial charge is 0.396 e. The van der Waals surface area contributed by atoms with E-state index in [9.17, 15) is 0 Å². The van der Waals surface area contributed by atoms with Crippen molar-refractivity contribution in [3.8, 4) is 0 Å². The van der Waals surface area contributed by atoms with E-state index in [1.54, 1.807) is 0 Å². The Hall–Kier alpha value is -0.120. The molecule has 84 valence electrons. The van der Waals surface area contributed by atoms with E-state index in [4.69, 9.17) is 10.8 Å². The van der Waals surface area contributed by atoms with Crippen molar-refractivity contribution in [3.63, 3.8) is 0 Å². The van der Waals surface area contributed by atoms with Crippen LogP contribution in [0.1, 0.15) is 38.5 Å². The van der Waals surface area contributed by atoms with Gasteiger partial charge in [-0.25, -0.2) is 0 Å². The lowest BCUT2D eigenvalue weighted by molar-refractivity contribution is 0.231. The number of nitrogens with two attached hydrogens (primary N) is 1. The third kappa shape index (κ3) is 3.95. The fourth-order valence-corrected chi connectivity index (χ4v) is 1.99. The van der Waals surface area contributed by atoms with Crippen LogP contribution >= 0.6 is 0 Å². The smallest absolute Gasteiger partial charge is 0.0431 e. The SMILES string of the molecule is NCC(NCCCCCO)C1CCC1. The topological polar surface area (TPSA) is 58.3 Å².